The van der Waals surface area contributed by atoms with Gasteiger partial charge in [0, 0.05) is 23.0 Å². The Morgan fingerprint density at radius 2 is 1.93 bits per heavy atom. The highest BCUT2D eigenvalue weighted by atomic mass is 35.5. The summed E-state index contributed by atoms with van der Waals surface area (Å²) in [5.41, 5.74) is 2.01. The van der Waals surface area contributed by atoms with Gasteiger partial charge in [0.2, 0.25) is 10.3 Å². The fourth-order valence-corrected chi connectivity index (χ4v) is 4.43. The Morgan fingerprint density at radius 3 is 2.70 bits per heavy atom. The van der Waals surface area contributed by atoms with Gasteiger partial charge in [-0.25, -0.2) is 9.67 Å². The monoisotopic (exact) mass is 461 g/mol. The smallest absolute Gasteiger partial charge is 0.254 e. The lowest BCUT2D eigenvalue weighted by molar-refractivity contribution is 0.361. The van der Waals surface area contributed by atoms with Gasteiger partial charge in [-0.15, -0.1) is 10.2 Å². The molecule has 0 fully saturated rings. The lowest BCUT2D eigenvalue weighted by Crippen LogP contribution is -2.19. The van der Waals surface area contributed by atoms with Crippen molar-refractivity contribution in [2.45, 2.75) is 34.6 Å². The molecule has 30 heavy (non-hydrogen) atoms. The van der Waals surface area contributed by atoms with Crippen molar-refractivity contribution in [2.75, 3.05) is 20.6 Å². The van der Waals surface area contributed by atoms with Crippen molar-refractivity contribution < 1.29 is 0 Å². The molecule has 0 amide bonds. The predicted molar refractivity (Wildman–Crippen MR) is 117 cm³/mol. The lowest BCUT2D eigenvalue weighted by Gasteiger charge is -2.10. The number of rotatable bonds is 8. The van der Waals surface area contributed by atoms with Crippen molar-refractivity contribution in [1.82, 2.24) is 44.7 Å². The number of benzene rings is 1. The maximum absolute atomic E-state index is 5.96. The number of halogens is 1. The SMILES string of the molecule is Cc1cc(Sc2nnnn2CCN(C)C)n2nc(SCc3ccc(Cl)cc3)nc2n1. The summed E-state index contributed by atoms with van der Waals surface area (Å²) < 4.78 is 3.53. The van der Waals surface area contributed by atoms with Gasteiger partial charge in [-0.05, 0) is 67.0 Å². The molecule has 9 nitrogen and oxygen atoms in total. The van der Waals surface area contributed by atoms with Gasteiger partial charge >= 0.3 is 0 Å². The number of aryl methyl sites for hydroxylation is 1. The molecule has 0 aliphatic carbocycles. The van der Waals surface area contributed by atoms with Crippen LogP contribution in [0.1, 0.15) is 11.3 Å². The third-order valence-corrected chi connectivity index (χ3v) is 6.26. The molecule has 0 saturated carbocycles. The minimum atomic E-state index is 0.559. The van der Waals surface area contributed by atoms with E-state index in [1.807, 2.05) is 51.4 Å². The first-order valence-electron chi connectivity index (χ1n) is 9.18. The third kappa shape index (κ3) is 5.09. The number of hydrogen-bond donors (Lipinski definition) is 0. The second kappa shape index (κ2) is 9.29. The minimum absolute atomic E-state index is 0.559. The van der Waals surface area contributed by atoms with Crippen LogP contribution >= 0.6 is 35.1 Å². The molecule has 0 bridgehead atoms. The molecule has 156 valence electrons. The summed E-state index contributed by atoms with van der Waals surface area (Å²) in [6.45, 7) is 3.49. The summed E-state index contributed by atoms with van der Waals surface area (Å²) >= 11 is 8.96. The number of thioether (sulfide) groups is 1. The van der Waals surface area contributed by atoms with Crippen LogP contribution in [0.5, 0.6) is 0 Å². The standard InChI is InChI=1S/C18H20ClN9S2/c1-12-10-15(30-18-22-24-25-27(18)9-8-26(2)3)28-16(20-12)21-17(23-28)29-11-13-4-6-14(19)7-5-13/h4-7,10H,8-9,11H2,1-3H3. The van der Waals surface area contributed by atoms with Crippen LogP contribution in [-0.2, 0) is 12.3 Å². The molecule has 3 heterocycles. The van der Waals surface area contributed by atoms with E-state index in [1.165, 1.54) is 11.8 Å². The fourth-order valence-electron chi connectivity index (χ4n) is 2.60. The average Bonchev–Trinajstić information content (AvgIpc) is 3.32. The van der Waals surface area contributed by atoms with E-state index < -0.39 is 0 Å². The van der Waals surface area contributed by atoms with Crippen molar-refractivity contribution in [3.63, 3.8) is 0 Å². The van der Waals surface area contributed by atoms with Crippen LogP contribution in [0.2, 0.25) is 5.02 Å². The summed E-state index contributed by atoms with van der Waals surface area (Å²) in [5.74, 6) is 1.31. The van der Waals surface area contributed by atoms with Crippen molar-refractivity contribution in [3.8, 4) is 0 Å². The Balaban J connectivity index is 1.55. The van der Waals surface area contributed by atoms with Gasteiger partial charge in [-0.1, -0.05) is 35.5 Å². The molecule has 12 heteroatoms. The van der Waals surface area contributed by atoms with Gasteiger partial charge in [0.25, 0.3) is 5.78 Å². The van der Waals surface area contributed by atoms with Crippen LogP contribution in [0.3, 0.4) is 0 Å². The number of aromatic nitrogens is 8. The average molecular weight is 462 g/mol. The Bertz CT molecular complexity index is 1140. The molecule has 4 rings (SSSR count). The molecule has 0 saturated heterocycles. The van der Waals surface area contributed by atoms with Crippen LogP contribution in [0.15, 0.2) is 45.7 Å². The molecular formula is C18H20ClN9S2. The van der Waals surface area contributed by atoms with Crippen LogP contribution in [0.4, 0.5) is 0 Å². The van der Waals surface area contributed by atoms with Crippen molar-refractivity contribution in [3.05, 3.63) is 46.6 Å². The third-order valence-electron chi connectivity index (χ3n) is 4.12. The summed E-state index contributed by atoms with van der Waals surface area (Å²) in [7, 11) is 4.04. The molecule has 0 unspecified atom stereocenters. The molecule has 0 aliphatic heterocycles. The highest BCUT2D eigenvalue weighted by Crippen LogP contribution is 2.28. The van der Waals surface area contributed by atoms with Gasteiger partial charge < -0.3 is 4.90 Å². The van der Waals surface area contributed by atoms with Gasteiger partial charge in [0.05, 0.1) is 6.54 Å². The van der Waals surface area contributed by atoms with E-state index in [-0.39, 0.29) is 0 Å². The van der Waals surface area contributed by atoms with Crippen molar-refractivity contribution >= 4 is 40.9 Å². The van der Waals surface area contributed by atoms with E-state index in [1.54, 1.807) is 21.0 Å². The predicted octanol–water partition coefficient (Wildman–Crippen LogP) is 3.08. The number of nitrogens with zero attached hydrogens (tertiary/aromatic N) is 9. The molecule has 4 aromatic rings. The molecule has 0 atom stereocenters. The number of likely N-dealkylation sites (N-methyl/N-ethyl adjacent to an activating group) is 1. The first-order valence-corrected chi connectivity index (χ1v) is 11.4. The maximum atomic E-state index is 5.96. The second-order valence-corrected chi connectivity index (χ2v) is 9.21. The highest BCUT2D eigenvalue weighted by Gasteiger charge is 2.15. The zero-order valence-electron chi connectivity index (χ0n) is 16.7. The molecule has 0 radical (unpaired) electrons. The summed E-state index contributed by atoms with van der Waals surface area (Å²) in [4.78, 5) is 11.2. The largest absolute Gasteiger partial charge is 0.308 e. The van der Waals surface area contributed by atoms with Crippen molar-refractivity contribution in [1.29, 1.82) is 0 Å². The zero-order valence-corrected chi connectivity index (χ0v) is 19.1. The minimum Gasteiger partial charge on any atom is -0.308 e. The molecular weight excluding hydrogens is 442 g/mol. The van der Waals surface area contributed by atoms with Crippen molar-refractivity contribution in [2.24, 2.45) is 0 Å². The molecule has 0 N–H and O–H groups in total. The Hall–Kier alpha value is -2.21. The second-order valence-electron chi connectivity index (χ2n) is 6.85. The van der Waals surface area contributed by atoms with E-state index >= 15 is 0 Å². The van der Waals surface area contributed by atoms with E-state index in [9.17, 15) is 0 Å². The number of tetrazole rings is 1. The Kier molecular flexibility index (Phi) is 6.52. The topological polar surface area (TPSA) is 89.9 Å². The van der Waals surface area contributed by atoms with Crippen LogP contribution in [-0.4, -0.2) is 65.3 Å². The lowest BCUT2D eigenvalue weighted by atomic mass is 10.2. The molecule has 3 aromatic heterocycles. The van der Waals surface area contributed by atoms with Gasteiger partial charge in [0.15, 0.2) is 0 Å². The van der Waals surface area contributed by atoms with Gasteiger partial charge in [-0.3, -0.25) is 0 Å². The summed E-state index contributed by atoms with van der Waals surface area (Å²) in [6, 6.07) is 9.74. The van der Waals surface area contributed by atoms with E-state index in [4.69, 9.17) is 11.6 Å². The van der Waals surface area contributed by atoms with E-state index in [2.05, 4.69) is 35.5 Å². The molecule has 1 aromatic carbocycles. The fraction of sp³-hybridized carbons (Fsp3) is 0.333. The highest BCUT2D eigenvalue weighted by molar-refractivity contribution is 7.99. The first kappa shape index (κ1) is 21.0. The van der Waals surface area contributed by atoms with Gasteiger partial charge in [0.1, 0.15) is 5.03 Å². The number of fused-ring (bicyclic) bond motifs is 1. The summed E-state index contributed by atoms with van der Waals surface area (Å²) in [6.07, 6.45) is 0. The van der Waals surface area contributed by atoms with Crippen LogP contribution in [0, 0.1) is 6.92 Å². The normalized spacial score (nSPS) is 11.6. The molecule has 0 spiro atoms. The molecule has 0 aliphatic rings. The van der Waals surface area contributed by atoms with E-state index in [0.717, 1.165) is 33.6 Å². The zero-order chi connectivity index (χ0) is 21.1. The quantitative estimate of drug-likeness (QED) is 0.290. The van der Waals surface area contributed by atoms with E-state index in [0.29, 0.717) is 22.6 Å². The van der Waals surface area contributed by atoms with Gasteiger partial charge in [-0.2, -0.15) is 9.50 Å². The van der Waals surface area contributed by atoms with Crippen LogP contribution < -0.4 is 0 Å². The number of hydrogen-bond acceptors (Lipinski definition) is 9. The Morgan fingerprint density at radius 1 is 1.13 bits per heavy atom. The summed E-state index contributed by atoms with van der Waals surface area (Å²) in [5, 5.41) is 19.7. The maximum Gasteiger partial charge on any atom is 0.254 e. The first-order chi connectivity index (χ1) is 14.5. The van der Waals surface area contributed by atoms with Crippen LogP contribution in [0.25, 0.3) is 5.78 Å². The Labute approximate surface area is 187 Å².